The summed E-state index contributed by atoms with van der Waals surface area (Å²) < 4.78 is 136. The molecule has 0 bridgehead atoms. The molecular weight excluding hydrogens is 486 g/mol. The zero-order chi connectivity index (χ0) is 21.8. The predicted molar refractivity (Wildman–Crippen MR) is 84.6 cm³/mol. The molecule has 0 radical (unpaired) electrons. The lowest BCUT2D eigenvalue weighted by Gasteiger charge is -2.13. The van der Waals surface area contributed by atoms with Gasteiger partial charge >= 0.3 is 0 Å². The van der Waals surface area contributed by atoms with Gasteiger partial charge in [-0.2, -0.15) is 0 Å². The van der Waals surface area contributed by atoms with Crippen LogP contribution in [0, 0.1) is 58.2 Å². The van der Waals surface area contributed by atoms with E-state index in [1.165, 1.54) is 0 Å². The summed E-state index contributed by atoms with van der Waals surface area (Å²) in [5.41, 5.74) is -4.45. The lowest BCUT2D eigenvalue weighted by atomic mass is 9.97. The molecule has 0 aliphatic rings. The van der Waals surface area contributed by atoms with E-state index in [0.29, 0.717) is 6.07 Å². The first-order chi connectivity index (χ1) is 13.5. The van der Waals surface area contributed by atoms with Gasteiger partial charge in [0, 0.05) is 4.47 Å². The maximum atomic E-state index is 14.0. The molecule has 0 amide bonds. The molecule has 3 aromatic carbocycles. The topological polar surface area (TPSA) is 0 Å². The molecule has 0 atom stereocenters. The third kappa shape index (κ3) is 3.26. The molecule has 0 saturated carbocycles. The highest BCUT2D eigenvalue weighted by atomic mass is 79.9. The highest BCUT2D eigenvalue weighted by Gasteiger charge is 2.29. The molecule has 0 unspecified atom stereocenters. The minimum Gasteiger partial charge on any atom is -0.203 e. The van der Waals surface area contributed by atoms with Gasteiger partial charge in [0.15, 0.2) is 46.5 Å². The Morgan fingerprint density at radius 1 is 0.379 bits per heavy atom. The molecule has 0 aromatic heterocycles. The van der Waals surface area contributed by atoms with E-state index in [0.717, 1.165) is 12.1 Å². The fourth-order valence-electron chi connectivity index (χ4n) is 2.60. The van der Waals surface area contributed by atoms with E-state index in [-0.39, 0.29) is 4.47 Å². The smallest absolute Gasteiger partial charge is 0.200 e. The molecular formula is C18H3BrF10. The number of hydrogen-bond acceptors (Lipinski definition) is 0. The molecule has 0 spiro atoms. The summed E-state index contributed by atoms with van der Waals surface area (Å²) in [6.45, 7) is 0. The van der Waals surface area contributed by atoms with Gasteiger partial charge in [-0.1, -0.05) is 15.9 Å². The van der Waals surface area contributed by atoms with Crippen LogP contribution in [0.3, 0.4) is 0 Å². The number of benzene rings is 3. The second-order valence-electron chi connectivity index (χ2n) is 5.62. The monoisotopic (exact) mass is 488 g/mol. The van der Waals surface area contributed by atoms with Crippen molar-refractivity contribution in [2.75, 3.05) is 0 Å². The fraction of sp³-hybridized carbons (Fsp3) is 0. The van der Waals surface area contributed by atoms with E-state index in [1.54, 1.807) is 0 Å². The molecule has 0 N–H and O–H groups in total. The Balaban J connectivity index is 2.37. The second kappa shape index (κ2) is 7.36. The van der Waals surface area contributed by atoms with Crippen LogP contribution in [-0.4, -0.2) is 0 Å². The van der Waals surface area contributed by atoms with Crippen molar-refractivity contribution in [1.82, 2.24) is 0 Å². The minimum absolute atomic E-state index is 0.210. The van der Waals surface area contributed by atoms with Crippen LogP contribution >= 0.6 is 15.9 Å². The van der Waals surface area contributed by atoms with Crippen molar-refractivity contribution in [2.45, 2.75) is 0 Å². The van der Waals surface area contributed by atoms with Crippen LogP contribution in [0.4, 0.5) is 43.9 Å². The van der Waals surface area contributed by atoms with Crippen molar-refractivity contribution < 1.29 is 43.9 Å². The van der Waals surface area contributed by atoms with Crippen molar-refractivity contribution in [3.05, 3.63) is 80.8 Å². The lowest BCUT2D eigenvalue weighted by Crippen LogP contribution is -2.05. The molecule has 152 valence electrons. The summed E-state index contributed by atoms with van der Waals surface area (Å²) in [4.78, 5) is 0. The van der Waals surface area contributed by atoms with Gasteiger partial charge in [-0.05, 0) is 29.3 Å². The predicted octanol–water partition coefficient (Wildman–Crippen LogP) is 7.17. The van der Waals surface area contributed by atoms with Gasteiger partial charge in [-0.15, -0.1) is 0 Å². The SMILES string of the molecule is Fc1c(F)c(F)c(-c2cc(Br)cc(-c3c(F)c(F)c(F)c(F)c3F)c2)c(F)c1F. The van der Waals surface area contributed by atoms with E-state index >= 15 is 0 Å². The Hall–Kier alpha value is -2.56. The number of rotatable bonds is 2. The van der Waals surface area contributed by atoms with E-state index in [1.807, 2.05) is 0 Å². The van der Waals surface area contributed by atoms with Crippen molar-refractivity contribution in [1.29, 1.82) is 0 Å². The Labute approximate surface area is 163 Å². The maximum Gasteiger partial charge on any atom is 0.200 e. The van der Waals surface area contributed by atoms with E-state index in [4.69, 9.17) is 0 Å². The largest absolute Gasteiger partial charge is 0.203 e. The summed E-state index contributed by atoms with van der Waals surface area (Å²) in [5.74, 6) is -23.0. The average Bonchev–Trinajstić information content (AvgIpc) is 2.67. The van der Waals surface area contributed by atoms with E-state index in [2.05, 4.69) is 15.9 Å². The molecule has 3 aromatic rings. The van der Waals surface area contributed by atoms with Gasteiger partial charge < -0.3 is 0 Å². The zero-order valence-corrected chi connectivity index (χ0v) is 15.0. The molecule has 0 heterocycles. The van der Waals surface area contributed by atoms with Gasteiger partial charge in [0.25, 0.3) is 0 Å². The Morgan fingerprint density at radius 3 is 0.897 bits per heavy atom. The molecule has 0 aliphatic heterocycles. The highest BCUT2D eigenvalue weighted by Crippen LogP contribution is 2.38. The third-order valence-corrected chi connectivity index (χ3v) is 4.35. The number of halogens is 11. The Morgan fingerprint density at radius 2 is 0.621 bits per heavy atom. The summed E-state index contributed by atoms with van der Waals surface area (Å²) >= 11 is 2.80. The van der Waals surface area contributed by atoms with Crippen LogP contribution in [0.1, 0.15) is 0 Å². The molecule has 3 rings (SSSR count). The Kier molecular flexibility index (Phi) is 5.37. The molecule has 0 aliphatic carbocycles. The van der Waals surface area contributed by atoms with Crippen LogP contribution < -0.4 is 0 Å². The first kappa shape index (κ1) is 21.2. The number of hydrogen-bond donors (Lipinski definition) is 0. The van der Waals surface area contributed by atoms with Gasteiger partial charge in [0.2, 0.25) is 11.6 Å². The highest BCUT2D eigenvalue weighted by molar-refractivity contribution is 9.10. The van der Waals surface area contributed by atoms with E-state index < -0.39 is 80.4 Å². The average molecular weight is 489 g/mol. The first-order valence-corrected chi connectivity index (χ1v) is 8.10. The van der Waals surface area contributed by atoms with Gasteiger partial charge in [-0.25, -0.2) is 43.9 Å². The fourth-order valence-corrected chi connectivity index (χ4v) is 3.09. The summed E-state index contributed by atoms with van der Waals surface area (Å²) in [7, 11) is 0. The van der Waals surface area contributed by atoms with Crippen LogP contribution in [0.25, 0.3) is 22.3 Å². The lowest BCUT2D eigenvalue weighted by molar-refractivity contribution is 0.381. The van der Waals surface area contributed by atoms with Crippen LogP contribution in [0.15, 0.2) is 22.7 Å². The van der Waals surface area contributed by atoms with Crippen LogP contribution in [-0.2, 0) is 0 Å². The van der Waals surface area contributed by atoms with Gasteiger partial charge in [-0.3, -0.25) is 0 Å². The van der Waals surface area contributed by atoms with Crippen molar-refractivity contribution in [3.63, 3.8) is 0 Å². The normalized spacial score (nSPS) is 11.3. The Bertz CT molecular complexity index is 1030. The summed E-state index contributed by atoms with van der Waals surface area (Å²) in [6.07, 6.45) is 0. The molecule has 0 fully saturated rings. The maximum absolute atomic E-state index is 14.0. The van der Waals surface area contributed by atoms with Crippen LogP contribution in [0.5, 0.6) is 0 Å². The van der Waals surface area contributed by atoms with Crippen LogP contribution in [0.2, 0.25) is 0 Å². The van der Waals surface area contributed by atoms with E-state index in [9.17, 15) is 43.9 Å². The van der Waals surface area contributed by atoms with Crippen molar-refractivity contribution >= 4 is 15.9 Å². The van der Waals surface area contributed by atoms with Gasteiger partial charge in [0.05, 0.1) is 11.1 Å². The zero-order valence-electron chi connectivity index (χ0n) is 13.4. The molecule has 11 heteroatoms. The standard InChI is InChI=1S/C18H3BrF10/c19-6-2-4(7-9(20)13(24)17(28)14(25)10(7)21)1-5(3-6)8-11(22)15(26)18(29)16(27)12(8)23/h1-3H. The molecule has 0 nitrogen and oxygen atoms in total. The quantitative estimate of drug-likeness (QED) is 0.204. The summed E-state index contributed by atoms with van der Waals surface area (Å²) in [6, 6.07) is 2.17. The summed E-state index contributed by atoms with van der Waals surface area (Å²) in [5, 5.41) is 0. The second-order valence-corrected chi connectivity index (χ2v) is 6.53. The van der Waals surface area contributed by atoms with Gasteiger partial charge in [0.1, 0.15) is 0 Å². The molecule has 29 heavy (non-hydrogen) atoms. The minimum atomic E-state index is -2.43. The van der Waals surface area contributed by atoms with Crippen molar-refractivity contribution in [2.24, 2.45) is 0 Å². The van der Waals surface area contributed by atoms with Crippen molar-refractivity contribution in [3.8, 4) is 22.3 Å². The first-order valence-electron chi connectivity index (χ1n) is 7.31. The molecule has 0 saturated heterocycles. The third-order valence-electron chi connectivity index (χ3n) is 3.89.